The Morgan fingerprint density at radius 2 is 2.05 bits per heavy atom. The third-order valence-corrected chi connectivity index (χ3v) is 5.87. The number of hydrogen-bond donors (Lipinski definition) is 2. The summed E-state index contributed by atoms with van der Waals surface area (Å²) in [6.45, 7) is 3.28. The van der Waals surface area contributed by atoms with E-state index in [4.69, 9.17) is 5.73 Å². The second-order valence-electron chi connectivity index (χ2n) is 4.87. The molecule has 1 aromatic rings. The minimum Gasteiger partial charge on any atom is -0.398 e. The van der Waals surface area contributed by atoms with Gasteiger partial charge in [-0.25, -0.2) is 8.42 Å². The summed E-state index contributed by atoms with van der Waals surface area (Å²) in [5, 5.41) is 1.87. The summed E-state index contributed by atoms with van der Waals surface area (Å²) in [6, 6.07) is 5.14. The molecule has 1 aromatic carbocycles. The molecule has 21 heavy (non-hydrogen) atoms. The van der Waals surface area contributed by atoms with Crippen LogP contribution in [0.25, 0.3) is 0 Å². The summed E-state index contributed by atoms with van der Waals surface area (Å²) in [5.74, 6) is -0.673. The van der Waals surface area contributed by atoms with Crippen LogP contribution in [0.5, 0.6) is 0 Å². The van der Waals surface area contributed by atoms with Crippen molar-refractivity contribution in [2.45, 2.75) is 19.1 Å². The third kappa shape index (κ3) is 5.47. The normalized spacial score (nSPS) is 14.4. The van der Waals surface area contributed by atoms with Crippen molar-refractivity contribution >= 4 is 37.9 Å². The van der Waals surface area contributed by atoms with Crippen LogP contribution in [0.3, 0.4) is 0 Å². The zero-order valence-corrected chi connectivity index (χ0v) is 13.9. The molecule has 0 fully saturated rings. The molecule has 0 aliphatic carbocycles. The maximum absolute atomic E-state index is 12.0. The molecule has 1 rings (SSSR count). The quantitative estimate of drug-likeness (QED) is 0.746. The predicted octanol–water partition coefficient (Wildman–Crippen LogP) is 0.698. The molecule has 0 radical (unpaired) electrons. The number of nitrogen functional groups attached to an aromatic ring is 1. The number of benzene rings is 1. The number of hydrogen-bond acceptors (Lipinski definition) is 5. The van der Waals surface area contributed by atoms with E-state index in [0.29, 0.717) is 11.4 Å². The van der Waals surface area contributed by atoms with Crippen LogP contribution in [-0.4, -0.2) is 41.5 Å². The Hall–Kier alpha value is -1.41. The summed E-state index contributed by atoms with van der Waals surface area (Å²) >= 11 is 0. The summed E-state index contributed by atoms with van der Waals surface area (Å²) < 4.78 is 34.0. The van der Waals surface area contributed by atoms with Crippen LogP contribution in [-0.2, 0) is 25.4 Å². The Morgan fingerprint density at radius 1 is 1.43 bits per heavy atom. The number of nitrogens with two attached hydrogens (primary N) is 1. The predicted molar refractivity (Wildman–Crippen MR) is 86.4 cm³/mol. The van der Waals surface area contributed by atoms with Crippen LogP contribution >= 0.6 is 0 Å². The van der Waals surface area contributed by atoms with Crippen molar-refractivity contribution in [3.8, 4) is 0 Å². The first-order valence-corrected chi connectivity index (χ1v) is 9.77. The lowest BCUT2D eigenvalue weighted by Gasteiger charge is -2.14. The molecule has 6 nitrogen and oxygen atoms in total. The number of amides is 1. The molecule has 0 aliphatic heterocycles. The molecule has 0 aromatic heterocycles. The fourth-order valence-corrected chi connectivity index (χ4v) is 4.07. The molecule has 1 amide bonds. The summed E-state index contributed by atoms with van der Waals surface area (Å²) in [4.78, 5) is 12.0. The maximum atomic E-state index is 12.0. The number of carbonyl (C=O) groups is 1. The first-order chi connectivity index (χ1) is 9.61. The highest BCUT2D eigenvalue weighted by atomic mass is 32.2. The van der Waals surface area contributed by atoms with E-state index in [2.05, 4.69) is 5.32 Å². The highest BCUT2D eigenvalue weighted by Crippen LogP contribution is 2.20. The van der Waals surface area contributed by atoms with Gasteiger partial charge in [-0.1, -0.05) is 6.07 Å². The maximum Gasteiger partial charge on any atom is 0.239 e. The van der Waals surface area contributed by atoms with Crippen LogP contribution < -0.4 is 11.1 Å². The fraction of sp³-hybridized carbons (Fsp3) is 0.462. The van der Waals surface area contributed by atoms with Crippen LogP contribution in [0, 0.1) is 6.92 Å². The highest BCUT2D eigenvalue weighted by molar-refractivity contribution is 7.92. The van der Waals surface area contributed by atoms with Crippen molar-refractivity contribution in [2.75, 3.05) is 28.8 Å². The number of sulfone groups is 1. The monoisotopic (exact) mass is 332 g/mol. The van der Waals surface area contributed by atoms with Crippen molar-refractivity contribution in [1.29, 1.82) is 0 Å². The Balaban J connectivity index is 2.70. The zero-order chi connectivity index (χ0) is 16.2. The second-order valence-corrected chi connectivity index (χ2v) is 9.00. The number of nitrogens with one attached hydrogen (secondary N) is 1. The van der Waals surface area contributed by atoms with E-state index in [1.807, 2.05) is 0 Å². The minimum atomic E-state index is -3.19. The van der Waals surface area contributed by atoms with Crippen molar-refractivity contribution in [3.05, 3.63) is 23.8 Å². The topological polar surface area (TPSA) is 106 Å². The smallest absolute Gasteiger partial charge is 0.239 e. The van der Waals surface area contributed by atoms with Gasteiger partial charge >= 0.3 is 0 Å². The van der Waals surface area contributed by atoms with Crippen molar-refractivity contribution in [3.63, 3.8) is 0 Å². The molecule has 0 heterocycles. The zero-order valence-electron chi connectivity index (χ0n) is 12.3. The molecule has 8 heteroatoms. The Bertz CT molecular complexity index is 656. The lowest BCUT2D eigenvalue weighted by Crippen LogP contribution is -2.32. The first kappa shape index (κ1) is 17.6. The van der Waals surface area contributed by atoms with Crippen LogP contribution in [0.1, 0.15) is 12.5 Å². The minimum absolute atomic E-state index is 0.0523. The van der Waals surface area contributed by atoms with Crippen molar-refractivity contribution in [2.24, 2.45) is 0 Å². The van der Waals surface area contributed by atoms with E-state index in [-0.39, 0.29) is 11.5 Å². The Labute approximate surface area is 127 Å². The SMILES string of the molecule is Cc1c(N)cccc1NC(=O)C(C)S(=O)CCS(C)(=O)=O. The number of rotatable bonds is 6. The van der Waals surface area contributed by atoms with Gasteiger partial charge in [0.25, 0.3) is 0 Å². The van der Waals surface area contributed by atoms with Gasteiger partial charge in [-0.2, -0.15) is 0 Å². The van der Waals surface area contributed by atoms with Crippen molar-refractivity contribution < 1.29 is 17.4 Å². The molecule has 0 saturated carbocycles. The molecule has 0 saturated heterocycles. The van der Waals surface area contributed by atoms with E-state index < -0.39 is 31.8 Å². The molecule has 118 valence electrons. The van der Waals surface area contributed by atoms with E-state index in [1.54, 1.807) is 25.1 Å². The molecule has 0 bridgehead atoms. The van der Waals surface area contributed by atoms with Crippen LogP contribution in [0.4, 0.5) is 11.4 Å². The van der Waals surface area contributed by atoms with Gasteiger partial charge in [-0.05, 0) is 31.5 Å². The largest absolute Gasteiger partial charge is 0.398 e. The van der Waals surface area contributed by atoms with Gasteiger partial charge in [0, 0.05) is 34.2 Å². The molecule has 3 N–H and O–H groups in total. The average molecular weight is 332 g/mol. The lowest BCUT2D eigenvalue weighted by atomic mass is 10.1. The summed E-state index contributed by atoms with van der Waals surface area (Å²) in [5.41, 5.74) is 7.60. The van der Waals surface area contributed by atoms with Crippen LogP contribution in [0.2, 0.25) is 0 Å². The van der Waals surface area contributed by atoms with E-state index in [1.165, 1.54) is 6.92 Å². The Kier molecular flexibility index (Phi) is 5.91. The third-order valence-electron chi connectivity index (χ3n) is 3.05. The lowest BCUT2D eigenvalue weighted by molar-refractivity contribution is -0.115. The standard InChI is InChI=1S/C13H20N2O4S2/c1-9-11(14)5-4-6-12(9)15-13(16)10(2)20(17)7-8-21(3,18)19/h4-6,10H,7-8,14H2,1-3H3,(H,15,16). The van der Waals surface area contributed by atoms with E-state index in [9.17, 15) is 17.4 Å². The molecule has 2 unspecified atom stereocenters. The van der Waals surface area contributed by atoms with Gasteiger partial charge in [0.1, 0.15) is 15.1 Å². The molecule has 2 atom stereocenters. The average Bonchev–Trinajstić information content (AvgIpc) is 2.39. The summed E-state index contributed by atoms with van der Waals surface area (Å²) in [6.07, 6.45) is 1.07. The van der Waals surface area contributed by atoms with Gasteiger partial charge in [0.2, 0.25) is 5.91 Å². The van der Waals surface area contributed by atoms with Gasteiger partial charge in [-0.15, -0.1) is 0 Å². The van der Waals surface area contributed by atoms with Gasteiger partial charge < -0.3 is 11.1 Å². The second kappa shape index (κ2) is 7.04. The van der Waals surface area contributed by atoms with E-state index >= 15 is 0 Å². The molecule has 0 spiro atoms. The van der Waals surface area contributed by atoms with Gasteiger partial charge in [0.05, 0.1) is 5.75 Å². The highest BCUT2D eigenvalue weighted by Gasteiger charge is 2.21. The fourth-order valence-electron chi connectivity index (χ4n) is 1.55. The molecular weight excluding hydrogens is 312 g/mol. The van der Waals surface area contributed by atoms with Crippen LogP contribution in [0.15, 0.2) is 18.2 Å². The van der Waals surface area contributed by atoms with Gasteiger partial charge in [0.15, 0.2) is 0 Å². The number of anilines is 2. The van der Waals surface area contributed by atoms with E-state index in [0.717, 1.165) is 11.8 Å². The van der Waals surface area contributed by atoms with Gasteiger partial charge in [-0.3, -0.25) is 9.00 Å². The Morgan fingerprint density at radius 3 is 2.62 bits per heavy atom. The van der Waals surface area contributed by atoms with Crippen molar-refractivity contribution in [1.82, 2.24) is 0 Å². The molecular formula is C13H20N2O4S2. The molecule has 0 aliphatic rings. The first-order valence-electron chi connectivity index (χ1n) is 6.32. The summed E-state index contributed by atoms with van der Waals surface area (Å²) in [7, 11) is -4.74. The number of carbonyl (C=O) groups excluding carboxylic acids is 1.